The zero-order valence-corrected chi connectivity index (χ0v) is 22.8. The fourth-order valence-electron chi connectivity index (χ4n) is 4.70. The molecule has 13 heteroatoms. The van der Waals surface area contributed by atoms with E-state index in [0.29, 0.717) is 10.9 Å². The Balaban J connectivity index is 1.56. The molecule has 220 valence electrons. The molecular weight excluding hydrogens is 558 g/mol. The van der Waals surface area contributed by atoms with E-state index < -0.39 is 47.1 Å². The number of aliphatic hydroxyl groups is 1. The Morgan fingerprint density at radius 1 is 1.17 bits per heavy atom. The minimum absolute atomic E-state index is 0.0181. The number of primary amides is 1. The topological polar surface area (TPSA) is 132 Å². The smallest absolute Gasteiger partial charge is 0.424 e. The summed E-state index contributed by atoms with van der Waals surface area (Å²) in [5.74, 6) is -2.36. The van der Waals surface area contributed by atoms with E-state index in [4.69, 9.17) is 10.5 Å². The molecule has 1 aliphatic heterocycles. The fourth-order valence-corrected chi connectivity index (χ4v) is 4.70. The van der Waals surface area contributed by atoms with E-state index in [1.807, 2.05) is 13.8 Å². The SMILES string of the molecule is CC(C)n1cc2cc(C(=O)NCC(O)(c3cc4c(c(-c5ccc(F)cc5)n3)OC[C@]4(C)C(N)=O)C(F)(F)F)ccc2n1. The summed E-state index contributed by atoms with van der Waals surface area (Å²) in [6, 6.07) is 10.1. The average Bonchev–Trinajstić information content (AvgIpc) is 3.53. The van der Waals surface area contributed by atoms with Gasteiger partial charge >= 0.3 is 6.18 Å². The largest absolute Gasteiger partial charge is 0.489 e. The average molecular weight is 586 g/mol. The summed E-state index contributed by atoms with van der Waals surface area (Å²) in [7, 11) is 0. The van der Waals surface area contributed by atoms with Crippen LogP contribution in [0.2, 0.25) is 0 Å². The van der Waals surface area contributed by atoms with Gasteiger partial charge in [-0.15, -0.1) is 0 Å². The van der Waals surface area contributed by atoms with Crippen molar-refractivity contribution in [3.8, 4) is 17.0 Å². The van der Waals surface area contributed by atoms with Gasteiger partial charge in [-0.2, -0.15) is 18.3 Å². The molecule has 2 atom stereocenters. The van der Waals surface area contributed by atoms with Gasteiger partial charge in [-0.3, -0.25) is 14.3 Å². The lowest BCUT2D eigenvalue weighted by Crippen LogP contribution is -2.51. The molecule has 9 nitrogen and oxygen atoms in total. The third-order valence-electron chi connectivity index (χ3n) is 7.44. The number of pyridine rings is 1. The molecule has 0 spiro atoms. The highest BCUT2D eigenvalue weighted by Gasteiger charge is 2.57. The number of rotatable bonds is 7. The molecule has 1 aliphatic rings. The second-order valence-corrected chi connectivity index (χ2v) is 10.7. The number of carbonyl (C=O) groups excluding carboxylic acids is 2. The third-order valence-corrected chi connectivity index (χ3v) is 7.44. The number of amides is 2. The molecule has 1 unspecified atom stereocenters. The molecular formula is C29H27F4N5O4. The first-order valence-corrected chi connectivity index (χ1v) is 12.9. The predicted octanol–water partition coefficient (Wildman–Crippen LogP) is 4.13. The van der Waals surface area contributed by atoms with Crippen molar-refractivity contribution in [1.29, 1.82) is 0 Å². The van der Waals surface area contributed by atoms with Crippen LogP contribution in [0, 0.1) is 5.82 Å². The summed E-state index contributed by atoms with van der Waals surface area (Å²) in [6.45, 7) is 3.65. The number of hydrogen-bond donors (Lipinski definition) is 3. The number of hydrogen-bond acceptors (Lipinski definition) is 6. The fraction of sp³-hybridized carbons (Fsp3) is 0.310. The number of fused-ring (bicyclic) bond motifs is 2. The first-order valence-electron chi connectivity index (χ1n) is 12.9. The van der Waals surface area contributed by atoms with E-state index in [1.165, 1.54) is 31.2 Å². The zero-order valence-electron chi connectivity index (χ0n) is 22.8. The highest BCUT2D eigenvalue weighted by Crippen LogP contribution is 2.47. The molecule has 42 heavy (non-hydrogen) atoms. The molecule has 0 saturated carbocycles. The van der Waals surface area contributed by atoms with Crippen molar-refractivity contribution in [2.45, 2.75) is 44.0 Å². The van der Waals surface area contributed by atoms with E-state index in [1.54, 1.807) is 16.9 Å². The van der Waals surface area contributed by atoms with Gasteiger partial charge in [-0.1, -0.05) is 0 Å². The summed E-state index contributed by atoms with van der Waals surface area (Å²) in [4.78, 5) is 29.4. The van der Waals surface area contributed by atoms with Crippen LogP contribution >= 0.6 is 0 Å². The number of benzene rings is 2. The van der Waals surface area contributed by atoms with Crippen molar-refractivity contribution in [3.05, 3.63) is 77.4 Å². The molecule has 3 heterocycles. The van der Waals surface area contributed by atoms with E-state index in [0.717, 1.165) is 18.2 Å². The maximum absolute atomic E-state index is 14.6. The molecule has 0 bridgehead atoms. The third kappa shape index (κ3) is 4.83. The minimum Gasteiger partial charge on any atom is -0.489 e. The number of ether oxygens (including phenoxy) is 1. The van der Waals surface area contributed by atoms with Crippen LogP contribution in [-0.4, -0.2) is 51.0 Å². The Labute approximate surface area is 237 Å². The normalized spacial score (nSPS) is 18.0. The summed E-state index contributed by atoms with van der Waals surface area (Å²) in [6.07, 6.45) is -3.61. The van der Waals surface area contributed by atoms with Crippen molar-refractivity contribution in [1.82, 2.24) is 20.1 Å². The van der Waals surface area contributed by atoms with E-state index in [-0.39, 0.29) is 40.8 Å². The Bertz CT molecular complexity index is 1700. The molecule has 0 saturated heterocycles. The number of halogens is 4. The first-order chi connectivity index (χ1) is 19.6. The van der Waals surface area contributed by atoms with Crippen LogP contribution in [0.15, 0.2) is 54.7 Å². The number of nitrogens with two attached hydrogens (primary N) is 1. The molecule has 0 radical (unpaired) electrons. The lowest BCUT2D eigenvalue weighted by atomic mass is 9.81. The Morgan fingerprint density at radius 2 is 1.86 bits per heavy atom. The zero-order chi connectivity index (χ0) is 30.6. The van der Waals surface area contributed by atoms with Crippen molar-refractivity contribution in [2.24, 2.45) is 5.73 Å². The van der Waals surface area contributed by atoms with Gasteiger partial charge in [0.2, 0.25) is 11.5 Å². The number of aromatic nitrogens is 3. The highest BCUT2D eigenvalue weighted by atomic mass is 19.4. The molecule has 0 fully saturated rings. The molecule has 4 aromatic rings. The Morgan fingerprint density at radius 3 is 2.48 bits per heavy atom. The lowest BCUT2D eigenvalue weighted by molar-refractivity contribution is -0.265. The van der Waals surface area contributed by atoms with Gasteiger partial charge in [0, 0.05) is 34.3 Å². The summed E-state index contributed by atoms with van der Waals surface area (Å²) >= 11 is 0. The van der Waals surface area contributed by atoms with Crippen molar-refractivity contribution >= 4 is 22.7 Å². The summed E-state index contributed by atoms with van der Waals surface area (Å²) in [5, 5.41) is 18.3. The van der Waals surface area contributed by atoms with Crippen molar-refractivity contribution in [2.75, 3.05) is 13.2 Å². The van der Waals surface area contributed by atoms with Gasteiger partial charge in [0.1, 0.15) is 29.3 Å². The minimum atomic E-state index is -5.33. The van der Waals surface area contributed by atoms with E-state index >= 15 is 0 Å². The Kier molecular flexibility index (Phi) is 6.96. The maximum atomic E-state index is 14.6. The van der Waals surface area contributed by atoms with Crippen LogP contribution in [-0.2, 0) is 15.8 Å². The highest BCUT2D eigenvalue weighted by molar-refractivity contribution is 5.98. The van der Waals surface area contributed by atoms with E-state index in [9.17, 15) is 32.3 Å². The van der Waals surface area contributed by atoms with Gasteiger partial charge in [0.15, 0.2) is 0 Å². The number of nitrogens with one attached hydrogen (secondary N) is 1. The van der Waals surface area contributed by atoms with Crippen LogP contribution in [0.3, 0.4) is 0 Å². The molecule has 2 aromatic carbocycles. The molecule has 2 amide bonds. The van der Waals surface area contributed by atoms with Crippen LogP contribution in [0.25, 0.3) is 22.2 Å². The quantitative estimate of drug-likeness (QED) is 0.280. The number of carbonyl (C=O) groups is 2. The molecule has 4 N–H and O–H groups in total. The van der Waals surface area contributed by atoms with Crippen LogP contribution in [0.1, 0.15) is 48.4 Å². The van der Waals surface area contributed by atoms with Gasteiger partial charge < -0.3 is 20.9 Å². The van der Waals surface area contributed by atoms with Crippen molar-refractivity contribution in [3.63, 3.8) is 0 Å². The Hall–Kier alpha value is -4.52. The second-order valence-electron chi connectivity index (χ2n) is 10.7. The summed E-state index contributed by atoms with van der Waals surface area (Å²) < 4.78 is 64.8. The van der Waals surface area contributed by atoms with Gasteiger partial charge in [-0.05, 0) is 69.3 Å². The van der Waals surface area contributed by atoms with Gasteiger partial charge in [-0.25, -0.2) is 9.37 Å². The van der Waals surface area contributed by atoms with E-state index in [2.05, 4.69) is 15.4 Å². The van der Waals surface area contributed by atoms with Gasteiger partial charge in [0.05, 0.1) is 17.8 Å². The van der Waals surface area contributed by atoms with Crippen LogP contribution in [0.4, 0.5) is 17.6 Å². The monoisotopic (exact) mass is 585 g/mol. The standard InChI is InChI=1S/C29H27F4N5O4/c1-15(2)38-12-18-10-17(6-9-21(18)37-38)25(39)35-13-28(41,29(31,32)33)22-11-20-24(42-14-27(20,3)26(34)40)23(36-22)16-4-7-19(30)8-5-16/h4-12,15,41H,13-14H2,1-3H3,(H2,34,40)(H,35,39)/t27-,28?/m0/s1. The van der Waals surface area contributed by atoms with Gasteiger partial charge in [0.25, 0.3) is 5.91 Å². The van der Waals surface area contributed by atoms with Crippen LogP contribution < -0.4 is 15.8 Å². The molecule has 5 rings (SSSR count). The molecule has 0 aliphatic carbocycles. The number of nitrogens with zero attached hydrogens (tertiary/aromatic N) is 3. The maximum Gasteiger partial charge on any atom is 0.424 e. The van der Waals surface area contributed by atoms with Crippen LogP contribution in [0.5, 0.6) is 5.75 Å². The summed E-state index contributed by atoms with van der Waals surface area (Å²) in [5.41, 5.74) is 0.0809. The first kappa shape index (κ1) is 29.0. The molecule has 2 aromatic heterocycles. The second kappa shape index (κ2) is 10.1. The lowest BCUT2D eigenvalue weighted by Gasteiger charge is -2.31. The van der Waals surface area contributed by atoms with Crippen molar-refractivity contribution < 1.29 is 37.0 Å². The predicted molar refractivity (Wildman–Crippen MR) is 144 cm³/mol. The number of alkyl halides is 3.